The number of rotatable bonds is 5. The van der Waals surface area contributed by atoms with Gasteiger partial charge in [0.15, 0.2) is 5.78 Å². The minimum absolute atomic E-state index is 0.0262. The molecule has 2 aromatic heterocycles. The first kappa shape index (κ1) is 13.4. The van der Waals surface area contributed by atoms with Crippen molar-refractivity contribution < 1.29 is 4.79 Å². The Balaban J connectivity index is 2.13. The van der Waals surface area contributed by atoms with Crippen LogP contribution in [0.25, 0.3) is 0 Å². The van der Waals surface area contributed by atoms with Crippen LogP contribution in [0.4, 0.5) is 0 Å². The minimum atomic E-state index is -0.0262. The van der Waals surface area contributed by atoms with Gasteiger partial charge >= 0.3 is 0 Å². The van der Waals surface area contributed by atoms with E-state index in [1.54, 1.807) is 16.9 Å². The second kappa shape index (κ2) is 5.73. The summed E-state index contributed by atoms with van der Waals surface area (Å²) in [7, 11) is 0. The number of nitrogens with zero attached hydrogens (tertiary/aromatic N) is 4. The molecular weight excluding hydrogens is 240 g/mol. The van der Waals surface area contributed by atoms with Crippen molar-refractivity contribution in [3.05, 3.63) is 41.7 Å². The van der Waals surface area contributed by atoms with Gasteiger partial charge in [-0.15, -0.1) is 0 Å². The number of hydrogen-bond acceptors (Lipinski definition) is 4. The van der Waals surface area contributed by atoms with Crippen LogP contribution in [0.5, 0.6) is 0 Å². The van der Waals surface area contributed by atoms with Crippen LogP contribution < -0.4 is 0 Å². The van der Waals surface area contributed by atoms with Gasteiger partial charge in [-0.2, -0.15) is 5.10 Å². The van der Waals surface area contributed by atoms with E-state index in [1.807, 2.05) is 13.0 Å². The Morgan fingerprint density at radius 3 is 2.84 bits per heavy atom. The van der Waals surface area contributed by atoms with Gasteiger partial charge in [0, 0.05) is 12.7 Å². The summed E-state index contributed by atoms with van der Waals surface area (Å²) in [6.07, 6.45) is 3.39. The molecule has 0 aliphatic carbocycles. The number of pyridine rings is 1. The zero-order chi connectivity index (χ0) is 13.8. The van der Waals surface area contributed by atoms with Crippen molar-refractivity contribution in [3.8, 4) is 0 Å². The van der Waals surface area contributed by atoms with Crippen LogP contribution in [0.15, 0.2) is 24.7 Å². The van der Waals surface area contributed by atoms with Gasteiger partial charge in [-0.05, 0) is 30.5 Å². The number of carbonyl (C=O) groups excluding carboxylic acids is 1. The molecule has 0 unspecified atom stereocenters. The van der Waals surface area contributed by atoms with Crippen molar-refractivity contribution in [1.82, 2.24) is 19.7 Å². The Morgan fingerprint density at radius 1 is 1.37 bits per heavy atom. The summed E-state index contributed by atoms with van der Waals surface area (Å²) in [4.78, 5) is 20.4. The SMILES string of the molecule is Cc1ccnc(C(=O)Cc2ncnn2CC(C)C)c1. The average Bonchev–Trinajstić information content (AvgIpc) is 2.75. The topological polar surface area (TPSA) is 60.7 Å². The Morgan fingerprint density at radius 2 is 2.16 bits per heavy atom. The first-order chi connectivity index (χ1) is 9.06. The molecule has 0 fully saturated rings. The third-order valence-electron chi connectivity index (χ3n) is 2.75. The fourth-order valence-electron chi connectivity index (χ4n) is 1.85. The number of Topliss-reactive ketones (excluding diaryl/α,β-unsaturated/α-hetero) is 1. The summed E-state index contributed by atoms with van der Waals surface area (Å²) in [5, 5.41) is 4.15. The van der Waals surface area contributed by atoms with Crippen LogP contribution in [-0.2, 0) is 13.0 Å². The fraction of sp³-hybridized carbons (Fsp3) is 0.429. The highest BCUT2D eigenvalue weighted by molar-refractivity contribution is 5.95. The monoisotopic (exact) mass is 258 g/mol. The van der Waals surface area contributed by atoms with E-state index in [0.717, 1.165) is 12.1 Å². The first-order valence-corrected chi connectivity index (χ1v) is 6.39. The van der Waals surface area contributed by atoms with E-state index in [4.69, 9.17) is 0 Å². The molecule has 5 heteroatoms. The number of hydrogen-bond donors (Lipinski definition) is 0. The minimum Gasteiger partial charge on any atom is -0.292 e. The standard InChI is InChI=1S/C14H18N4O/c1-10(2)8-18-14(16-9-17-18)7-13(19)12-6-11(3)4-5-15-12/h4-6,9-10H,7-8H2,1-3H3. The number of carbonyl (C=O) groups is 1. The second-order valence-electron chi connectivity index (χ2n) is 5.07. The highest BCUT2D eigenvalue weighted by Gasteiger charge is 2.14. The molecule has 19 heavy (non-hydrogen) atoms. The molecule has 0 radical (unpaired) electrons. The van der Waals surface area contributed by atoms with Crippen molar-refractivity contribution in [2.45, 2.75) is 33.7 Å². The van der Waals surface area contributed by atoms with Crippen LogP contribution in [0, 0.1) is 12.8 Å². The lowest BCUT2D eigenvalue weighted by atomic mass is 10.1. The molecule has 5 nitrogen and oxygen atoms in total. The van der Waals surface area contributed by atoms with Crippen LogP contribution in [-0.4, -0.2) is 25.5 Å². The van der Waals surface area contributed by atoms with Gasteiger partial charge in [0.25, 0.3) is 0 Å². The number of ketones is 1. The Kier molecular flexibility index (Phi) is 4.04. The fourth-order valence-corrected chi connectivity index (χ4v) is 1.85. The largest absolute Gasteiger partial charge is 0.292 e. The van der Waals surface area contributed by atoms with E-state index in [0.29, 0.717) is 17.4 Å². The predicted molar refractivity (Wildman–Crippen MR) is 71.9 cm³/mol. The van der Waals surface area contributed by atoms with E-state index >= 15 is 0 Å². The summed E-state index contributed by atoms with van der Waals surface area (Å²) in [5.41, 5.74) is 1.51. The van der Waals surface area contributed by atoms with Crippen molar-refractivity contribution in [2.75, 3.05) is 0 Å². The van der Waals surface area contributed by atoms with Crippen LogP contribution in [0.2, 0.25) is 0 Å². The lowest BCUT2D eigenvalue weighted by Gasteiger charge is -2.08. The lowest BCUT2D eigenvalue weighted by molar-refractivity contribution is 0.0984. The molecular formula is C14H18N4O. The van der Waals surface area contributed by atoms with Gasteiger partial charge in [-0.3, -0.25) is 9.78 Å². The van der Waals surface area contributed by atoms with E-state index < -0.39 is 0 Å². The third-order valence-corrected chi connectivity index (χ3v) is 2.75. The molecule has 0 aliphatic heterocycles. The molecule has 0 aromatic carbocycles. The molecule has 0 saturated carbocycles. The van der Waals surface area contributed by atoms with Crippen LogP contribution >= 0.6 is 0 Å². The number of aryl methyl sites for hydroxylation is 1. The maximum atomic E-state index is 12.2. The van der Waals surface area contributed by atoms with Gasteiger partial charge < -0.3 is 0 Å². The highest BCUT2D eigenvalue weighted by Crippen LogP contribution is 2.07. The first-order valence-electron chi connectivity index (χ1n) is 6.39. The molecule has 0 bridgehead atoms. The molecule has 0 saturated heterocycles. The smallest absolute Gasteiger partial charge is 0.188 e. The Bertz CT molecular complexity index is 574. The molecule has 0 spiro atoms. The lowest BCUT2D eigenvalue weighted by Crippen LogP contribution is -2.15. The molecule has 0 amide bonds. The van der Waals surface area contributed by atoms with E-state index in [-0.39, 0.29) is 12.2 Å². The van der Waals surface area contributed by atoms with Crippen LogP contribution in [0.3, 0.4) is 0 Å². The maximum absolute atomic E-state index is 12.2. The summed E-state index contributed by atoms with van der Waals surface area (Å²) in [5.74, 6) is 1.14. The van der Waals surface area contributed by atoms with E-state index in [2.05, 4.69) is 28.9 Å². The predicted octanol–water partition coefficient (Wildman–Crippen LogP) is 2.06. The van der Waals surface area contributed by atoms with Gasteiger partial charge in [0.2, 0.25) is 0 Å². The second-order valence-corrected chi connectivity index (χ2v) is 5.07. The van der Waals surface area contributed by atoms with Gasteiger partial charge in [0.1, 0.15) is 17.8 Å². The average molecular weight is 258 g/mol. The molecule has 0 N–H and O–H groups in total. The summed E-state index contributed by atoms with van der Waals surface area (Å²) in [6, 6.07) is 3.67. The summed E-state index contributed by atoms with van der Waals surface area (Å²) < 4.78 is 1.79. The van der Waals surface area contributed by atoms with Crippen molar-refractivity contribution in [3.63, 3.8) is 0 Å². The summed E-state index contributed by atoms with van der Waals surface area (Å²) in [6.45, 7) is 6.92. The Labute approximate surface area is 112 Å². The van der Waals surface area contributed by atoms with Gasteiger partial charge in [0.05, 0.1) is 6.42 Å². The highest BCUT2D eigenvalue weighted by atomic mass is 16.1. The molecule has 2 aromatic rings. The molecule has 100 valence electrons. The number of aromatic nitrogens is 4. The van der Waals surface area contributed by atoms with Crippen molar-refractivity contribution in [2.24, 2.45) is 5.92 Å². The third kappa shape index (κ3) is 3.47. The van der Waals surface area contributed by atoms with E-state index in [9.17, 15) is 4.79 Å². The van der Waals surface area contributed by atoms with Crippen molar-refractivity contribution >= 4 is 5.78 Å². The zero-order valence-corrected chi connectivity index (χ0v) is 11.5. The Hall–Kier alpha value is -2.04. The summed E-state index contributed by atoms with van der Waals surface area (Å²) >= 11 is 0. The molecule has 2 heterocycles. The van der Waals surface area contributed by atoms with Crippen LogP contribution in [0.1, 0.15) is 35.7 Å². The zero-order valence-electron chi connectivity index (χ0n) is 11.5. The molecule has 2 rings (SSSR count). The maximum Gasteiger partial charge on any atom is 0.188 e. The van der Waals surface area contributed by atoms with E-state index in [1.165, 1.54) is 6.33 Å². The van der Waals surface area contributed by atoms with Crippen molar-refractivity contribution in [1.29, 1.82) is 0 Å². The normalized spacial score (nSPS) is 10.9. The molecule has 0 aliphatic rings. The quantitative estimate of drug-likeness (QED) is 0.770. The molecule has 0 atom stereocenters. The van der Waals surface area contributed by atoms with Gasteiger partial charge in [-0.1, -0.05) is 13.8 Å². The van der Waals surface area contributed by atoms with Gasteiger partial charge in [-0.25, -0.2) is 9.67 Å².